The normalized spacial score (nSPS) is 19.8. The molecule has 1 aromatic rings. The zero-order valence-electron chi connectivity index (χ0n) is 12.3. The average Bonchev–Trinajstić information content (AvgIpc) is 2.39. The van der Waals surface area contributed by atoms with Gasteiger partial charge >= 0.3 is 0 Å². The zero-order chi connectivity index (χ0) is 13.8. The summed E-state index contributed by atoms with van der Waals surface area (Å²) in [6.45, 7) is 5.83. The van der Waals surface area contributed by atoms with Gasteiger partial charge in [0.05, 0.1) is 0 Å². The summed E-state index contributed by atoms with van der Waals surface area (Å²) in [5.41, 5.74) is 1.30. The van der Waals surface area contributed by atoms with E-state index in [1.807, 2.05) is 12.1 Å². The predicted octanol–water partition coefficient (Wildman–Crippen LogP) is 2.73. The van der Waals surface area contributed by atoms with Crippen LogP contribution in [-0.2, 0) is 0 Å². The quantitative estimate of drug-likeness (QED) is 0.904. The Morgan fingerprint density at radius 3 is 2.32 bits per heavy atom. The molecule has 0 bridgehead atoms. The molecule has 0 aromatic heterocycles. The summed E-state index contributed by atoms with van der Waals surface area (Å²) >= 11 is 0. The fourth-order valence-corrected chi connectivity index (χ4v) is 3.00. The van der Waals surface area contributed by atoms with Gasteiger partial charge in [-0.1, -0.05) is 12.1 Å². The van der Waals surface area contributed by atoms with E-state index in [-0.39, 0.29) is 0 Å². The van der Waals surface area contributed by atoms with Crippen LogP contribution in [0.2, 0.25) is 0 Å². The summed E-state index contributed by atoms with van der Waals surface area (Å²) in [6.07, 6.45) is 2.58. The van der Waals surface area contributed by atoms with Gasteiger partial charge in [-0.2, -0.15) is 0 Å². The molecule has 1 saturated heterocycles. The Bertz CT molecular complexity index is 380. The Labute approximate surface area is 116 Å². The molecule has 1 unspecified atom stereocenters. The number of aromatic hydroxyl groups is 1. The molecule has 0 amide bonds. The first-order valence-corrected chi connectivity index (χ1v) is 7.24. The van der Waals surface area contributed by atoms with Gasteiger partial charge in [0.15, 0.2) is 0 Å². The van der Waals surface area contributed by atoms with Gasteiger partial charge < -0.3 is 10.0 Å². The van der Waals surface area contributed by atoms with Gasteiger partial charge in [-0.05, 0) is 70.6 Å². The molecular formula is C16H26N2O. The number of hydrogen-bond donors (Lipinski definition) is 1. The molecule has 0 spiro atoms. The van der Waals surface area contributed by atoms with E-state index in [4.69, 9.17) is 0 Å². The third-order valence-corrected chi connectivity index (χ3v) is 4.20. The summed E-state index contributed by atoms with van der Waals surface area (Å²) in [5.74, 6) is 1.19. The number of likely N-dealkylation sites (tertiary alicyclic amines) is 1. The van der Waals surface area contributed by atoms with Gasteiger partial charge in [-0.15, -0.1) is 0 Å². The Balaban J connectivity index is 1.88. The largest absolute Gasteiger partial charge is 0.508 e. The third-order valence-electron chi connectivity index (χ3n) is 4.20. The van der Waals surface area contributed by atoms with Gasteiger partial charge in [0.25, 0.3) is 0 Å². The van der Waals surface area contributed by atoms with Crippen LogP contribution in [-0.4, -0.2) is 48.6 Å². The number of phenolic OH excluding ortho intramolecular Hbond substituents is 1. The molecule has 0 saturated carbocycles. The highest BCUT2D eigenvalue weighted by atomic mass is 16.3. The van der Waals surface area contributed by atoms with Crippen molar-refractivity contribution in [1.29, 1.82) is 0 Å². The molecule has 0 aliphatic carbocycles. The number of nitrogens with zero attached hydrogens (tertiary/aromatic N) is 2. The van der Waals surface area contributed by atoms with Crippen LogP contribution in [0.5, 0.6) is 5.75 Å². The second kappa shape index (κ2) is 6.40. The molecule has 2 rings (SSSR count). The van der Waals surface area contributed by atoms with E-state index in [1.165, 1.54) is 38.0 Å². The smallest absolute Gasteiger partial charge is 0.115 e. The van der Waals surface area contributed by atoms with Crippen LogP contribution in [0.4, 0.5) is 0 Å². The summed E-state index contributed by atoms with van der Waals surface area (Å²) in [6, 6.07) is 8.08. The van der Waals surface area contributed by atoms with Crippen LogP contribution in [0.3, 0.4) is 0 Å². The first-order valence-electron chi connectivity index (χ1n) is 7.24. The molecule has 3 heteroatoms. The van der Waals surface area contributed by atoms with Gasteiger partial charge in [0, 0.05) is 12.6 Å². The van der Waals surface area contributed by atoms with E-state index in [2.05, 4.69) is 30.8 Å². The predicted molar refractivity (Wildman–Crippen MR) is 79.4 cm³/mol. The highest BCUT2D eigenvalue weighted by Crippen LogP contribution is 2.27. The lowest BCUT2D eigenvalue weighted by Gasteiger charge is -2.37. The molecule has 1 fully saturated rings. The Morgan fingerprint density at radius 1 is 1.21 bits per heavy atom. The first-order chi connectivity index (χ1) is 9.06. The van der Waals surface area contributed by atoms with Crippen LogP contribution in [0, 0.1) is 5.92 Å². The second-order valence-corrected chi connectivity index (χ2v) is 6.01. The van der Waals surface area contributed by atoms with Crippen LogP contribution >= 0.6 is 0 Å². The van der Waals surface area contributed by atoms with E-state index >= 15 is 0 Å². The zero-order valence-corrected chi connectivity index (χ0v) is 12.3. The fourth-order valence-electron chi connectivity index (χ4n) is 3.00. The van der Waals surface area contributed by atoms with Crippen LogP contribution in [0.1, 0.15) is 31.4 Å². The maximum Gasteiger partial charge on any atom is 0.115 e. The lowest BCUT2D eigenvalue weighted by Crippen LogP contribution is -2.38. The molecule has 1 aliphatic heterocycles. The number of benzene rings is 1. The van der Waals surface area contributed by atoms with E-state index in [0.29, 0.717) is 11.8 Å². The minimum atomic E-state index is 0.348. The van der Waals surface area contributed by atoms with Gasteiger partial charge in [0.2, 0.25) is 0 Å². The molecule has 3 nitrogen and oxygen atoms in total. The molecule has 19 heavy (non-hydrogen) atoms. The van der Waals surface area contributed by atoms with E-state index < -0.39 is 0 Å². The third kappa shape index (κ3) is 3.95. The maximum absolute atomic E-state index is 9.35. The van der Waals surface area contributed by atoms with Crippen molar-refractivity contribution in [1.82, 2.24) is 9.80 Å². The van der Waals surface area contributed by atoms with Crippen molar-refractivity contribution in [3.05, 3.63) is 29.8 Å². The highest BCUT2D eigenvalue weighted by molar-refractivity contribution is 5.27. The fraction of sp³-hybridized carbons (Fsp3) is 0.625. The summed E-state index contributed by atoms with van der Waals surface area (Å²) in [4.78, 5) is 4.85. The second-order valence-electron chi connectivity index (χ2n) is 6.01. The maximum atomic E-state index is 9.35. The van der Waals surface area contributed by atoms with Crippen molar-refractivity contribution in [3.63, 3.8) is 0 Å². The minimum absolute atomic E-state index is 0.348. The lowest BCUT2D eigenvalue weighted by atomic mass is 9.94. The first kappa shape index (κ1) is 14.4. The van der Waals surface area contributed by atoms with Crippen molar-refractivity contribution in [2.24, 2.45) is 5.92 Å². The number of rotatable bonds is 4. The standard InChI is InChI=1S/C16H26N2O/c1-13(15-4-6-16(19)7-5-15)18-10-8-14(9-11-18)12-17(2)3/h4-7,13-14,19H,8-12H2,1-3H3. The minimum Gasteiger partial charge on any atom is -0.508 e. The molecule has 1 atom stereocenters. The molecule has 106 valence electrons. The molecule has 1 heterocycles. The monoisotopic (exact) mass is 262 g/mol. The van der Waals surface area contributed by atoms with Crippen molar-refractivity contribution < 1.29 is 5.11 Å². The SMILES string of the molecule is CC(c1ccc(O)cc1)N1CCC(CN(C)C)CC1. The Kier molecular flexibility index (Phi) is 4.83. The van der Waals surface area contributed by atoms with Crippen LogP contribution in [0.25, 0.3) is 0 Å². The summed E-state index contributed by atoms with van der Waals surface area (Å²) in [5, 5.41) is 9.35. The lowest BCUT2D eigenvalue weighted by molar-refractivity contribution is 0.127. The van der Waals surface area contributed by atoms with Crippen molar-refractivity contribution in [3.8, 4) is 5.75 Å². The molecule has 1 aliphatic rings. The van der Waals surface area contributed by atoms with E-state index in [9.17, 15) is 5.11 Å². The van der Waals surface area contributed by atoms with Crippen LogP contribution < -0.4 is 0 Å². The van der Waals surface area contributed by atoms with Crippen molar-refractivity contribution in [2.45, 2.75) is 25.8 Å². The van der Waals surface area contributed by atoms with E-state index in [0.717, 1.165) is 5.92 Å². The van der Waals surface area contributed by atoms with Gasteiger partial charge in [-0.25, -0.2) is 0 Å². The molecular weight excluding hydrogens is 236 g/mol. The van der Waals surface area contributed by atoms with Gasteiger partial charge in [-0.3, -0.25) is 4.90 Å². The Morgan fingerprint density at radius 2 is 1.79 bits per heavy atom. The van der Waals surface area contributed by atoms with Gasteiger partial charge in [0.1, 0.15) is 5.75 Å². The van der Waals surface area contributed by atoms with E-state index in [1.54, 1.807) is 12.1 Å². The average molecular weight is 262 g/mol. The van der Waals surface area contributed by atoms with Crippen molar-refractivity contribution >= 4 is 0 Å². The molecule has 0 radical (unpaired) electrons. The van der Waals surface area contributed by atoms with Crippen LogP contribution in [0.15, 0.2) is 24.3 Å². The molecule has 1 N–H and O–H groups in total. The summed E-state index contributed by atoms with van der Waals surface area (Å²) in [7, 11) is 4.32. The topological polar surface area (TPSA) is 26.7 Å². The summed E-state index contributed by atoms with van der Waals surface area (Å²) < 4.78 is 0. The number of piperidine rings is 1. The number of phenols is 1. The number of hydrogen-bond acceptors (Lipinski definition) is 3. The Hall–Kier alpha value is -1.06. The van der Waals surface area contributed by atoms with Crippen molar-refractivity contribution in [2.75, 3.05) is 33.7 Å². The highest BCUT2D eigenvalue weighted by Gasteiger charge is 2.23. The molecule has 1 aromatic carbocycles.